The van der Waals surface area contributed by atoms with Crippen molar-refractivity contribution in [2.45, 2.75) is 85.7 Å². The van der Waals surface area contributed by atoms with Crippen LogP contribution in [0.1, 0.15) is 88.5 Å². The lowest BCUT2D eigenvalue weighted by atomic mass is 9.63. The molecule has 256 valence electrons. The Morgan fingerprint density at radius 1 is 0.837 bits per heavy atom. The molecular weight excluding hydrogens is 613 g/mol. The van der Waals surface area contributed by atoms with Crippen molar-refractivity contribution in [3.63, 3.8) is 0 Å². The van der Waals surface area contributed by atoms with E-state index in [-0.39, 0.29) is 34.8 Å². The van der Waals surface area contributed by atoms with E-state index in [0.717, 1.165) is 52.9 Å². The van der Waals surface area contributed by atoms with Crippen molar-refractivity contribution in [3.8, 4) is 11.5 Å². The summed E-state index contributed by atoms with van der Waals surface area (Å²) < 4.78 is 26.6. The second kappa shape index (κ2) is 13.8. The zero-order valence-electron chi connectivity index (χ0n) is 29.5. The Morgan fingerprint density at radius 2 is 1.47 bits per heavy atom. The zero-order valence-corrected chi connectivity index (χ0v) is 29.5. The molecule has 6 rings (SSSR count). The third-order valence-corrected chi connectivity index (χ3v) is 9.91. The average Bonchev–Trinajstić information content (AvgIpc) is 3.02. The van der Waals surface area contributed by atoms with Crippen LogP contribution in [0.15, 0.2) is 102 Å². The molecule has 1 aliphatic heterocycles. The van der Waals surface area contributed by atoms with Crippen LogP contribution in [0.3, 0.4) is 0 Å². The number of allylic oxidation sites excluding steroid dienone is 5. The SMILES string of the molecule is C=CCc1cc(C2C3=C(CC(C)(C)CC3=O)N(CCc3ccccc3)C3=C2C(=O)CC(C)(C)C3)cc(OCC)c1OCc1cccc(F)c1. The number of rotatable bonds is 11. The van der Waals surface area contributed by atoms with Crippen LogP contribution < -0.4 is 9.47 Å². The molecule has 3 aromatic rings. The number of carbonyl (C=O) groups excluding carboxylic acids is 2. The summed E-state index contributed by atoms with van der Waals surface area (Å²) in [6.45, 7) is 15.8. The molecule has 0 spiro atoms. The fraction of sp³-hybridized carbons (Fsp3) is 0.395. The normalized spacial score (nSPS) is 18.7. The molecule has 0 fully saturated rings. The number of Topliss-reactive ketones (excluding diaryl/α,β-unsaturated/α-hetero) is 2. The Morgan fingerprint density at radius 3 is 2.06 bits per heavy atom. The van der Waals surface area contributed by atoms with Crippen LogP contribution in [0.4, 0.5) is 4.39 Å². The maximum atomic E-state index is 14.4. The first-order valence-corrected chi connectivity index (χ1v) is 17.5. The van der Waals surface area contributed by atoms with Crippen LogP contribution in [0.2, 0.25) is 0 Å². The Labute approximate surface area is 290 Å². The Kier molecular flexibility index (Phi) is 9.70. The van der Waals surface area contributed by atoms with Gasteiger partial charge in [0.25, 0.3) is 0 Å². The summed E-state index contributed by atoms with van der Waals surface area (Å²) in [5.41, 5.74) is 6.75. The molecule has 2 aliphatic carbocycles. The topological polar surface area (TPSA) is 55.8 Å². The molecule has 3 aliphatic rings. The van der Waals surface area contributed by atoms with E-state index in [4.69, 9.17) is 9.47 Å². The number of benzene rings is 3. The highest BCUT2D eigenvalue weighted by Gasteiger charge is 2.49. The fourth-order valence-corrected chi connectivity index (χ4v) is 7.90. The molecule has 0 bridgehead atoms. The van der Waals surface area contributed by atoms with Crippen LogP contribution >= 0.6 is 0 Å². The number of ether oxygens (including phenoxy) is 2. The van der Waals surface area contributed by atoms with E-state index in [1.165, 1.54) is 17.7 Å². The second-order valence-corrected chi connectivity index (χ2v) is 15.3. The van der Waals surface area contributed by atoms with Gasteiger partial charge in [0.05, 0.1) is 6.61 Å². The molecule has 0 atom stereocenters. The number of carbonyl (C=O) groups is 2. The summed E-state index contributed by atoms with van der Waals surface area (Å²) in [4.78, 5) is 31.2. The molecule has 1 heterocycles. The van der Waals surface area contributed by atoms with Crippen molar-refractivity contribution in [1.29, 1.82) is 0 Å². The summed E-state index contributed by atoms with van der Waals surface area (Å²) in [6, 6.07) is 20.8. The third kappa shape index (κ3) is 7.29. The first-order valence-electron chi connectivity index (χ1n) is 17.5. The number of halogens is 1. The van der Waals surface area contributed by atoms with Gasteiger partial charge < -0.3 is 14.4 Å². The Hall–Kier alpha value is -4.45. The molecule has 6 heteroatoms. The van der Waals surface area contributed by atoms with Gasteiger partial charge in [0.2, 0.25) is 0 Å². The van der Waals surface area contributed by atoms with Crippen molar-refractivity contribution < 1.29 is 23.5 Å². The lowest BCUT2D eigenvalue weighted by Crippen LogP contribution is -2.45. The van der Waals surface area contributed by atoms with Gasteiger partial charge in [-0.2, -0.15) is 0 Å². The van der Waals surface area contributed by atoms with Gasteiger partial charge >= 0.3 is 0 Å². The highest BCUT2D eigenvalue weighted by molar-refractivity contribution is 6.07. The van der Waals surface area contributed by atoms with Crippen molar-refractivity contribution in [2.75, 3.05) is 13.2 Å². The minimum Gasteiger partial charge on any atom is -0.490 e. The maximum Gasteiger partial charge on any atom is 0.165 e. The molecule has 0 saturated carbocycles. The van der Waals surface area contributed by atoms with E-state index < -0.39 is 5.92 Å². The predicted octanol–water partition coefficient (Wildman–Crippen LogP) is 9.46. The molecular formula is C43H48FNO4. The van der Waals surface area contributed by atoms with E-state index in [0.29, 0.717) is 49.5 Å². The van der Waals surface area contributed by atoms with Crippen molar-refractivity contribution in [3.05, 3.63) is 130 Å². The highest BCUT2D eigenvalue weighted by atomic mass is 19.1. The van der Waals surface area contributed by atoms with Gasteiger partial charge in [0.1, 0.15) is 12.4 Å². The first-order chi connectivity index (χ1) is 23.4. The zero-order chi connectivity index (χ0) is 34.9. The Bertz CT molecular complexity index is 1780. The van der Waals surface area contributed by atoms with Gasteiger partial charge in [-0.1, -0.05) is 82.3 Å². The summed E-state index contributed by atoms with van der Waals surface area (Å²) in [5.74, 6) is 0.462. The van der Waals surface area contributed by atoms with Gasteiger partial charge in [-0.3, -0.25) is 9.59 Å². The molecule has 0 radical (unpaired) electrons. The lowest BCUT2D eigenvalue weighted by molar-refractivity contribution is -0.119. The molecule has 0 saturated heterocycles. The average molecular weight is 662 g/mol. The quantitative estimate of drug-likeness (QED) is 0.192. The van der Waals surface area contributed by atoms with Gasteiger partial charge in [-0.15, -0.1) is 6.58 Å². The van der Waals surface area contributed by atoms with Crippen LogP contribution in [0.5, 0.6) is 11.5 Å². The summed E-state index contributed by atoms with van der Waals surface area (Å²) >= 11 is 0. The molecule has 3 aromatic carbocycles. The Balaban J connectivity index is 1.52. The molecule has 49 heavy (non-hydrogen) atoms. The van der Waals surface area contributed by atoms with Gasteiger partial charge in [-0.05, 0) is 78.3 Å². The van der Waals surface area contributed by atoms with E-state index in [1.807, 2.05) is 31.2 Å². The molecule has 0 amide bonds. The molecule has 0 aromatic heterocycles. The number of hydrogen-bond donors (Lipinski definition) is 0. The van der Waals surface area contributed by atoms with Crippen LogP contribution in [0, 0.1) is 16.6 Å². The first kappa shape index (κ1) is 34.4. The van der Waals surface area contributed by atoms with E-state index >= 15 is 0 Å². The predicted molar refractivity (Wildman–Crippen MR) is 192 cm³/mol. The van der Waals surface area contributed by atoms with Gasteiger partial charge in [-0.25, -0.2) is 4.39 Å². The largest absolute Gasteiger partial charge is 0.490 e. The van der Waals surface area contributed by atoms with E-state index in [2.05, 4.69) is 69.5 Å². The minimum absolute atomic E-state index is 0.0970. The lowest BCUT2D eigenvalue weighted by Gasteiger charge is -2.49. The number of nitrogens with zero attached hydrogens (tertiary/aromatic N) is 1. The summed E-state index contributed by atoms with van der Waals surface area (Å²) in [6.07, 6.45) is 5.44. The minimum atomic E-state index is -0.509. The van der Waals surface area contributed by atoms with Crippen molar-refractivity contribution >= 4 is 11.6 Å². The van der Waals surface area contributed by atoms with E-state index in [9.17, 15) is 14.0 Å². The van der Waals surface area contributed by atoms with E-state index in [1.54, 1.807) is 6.07 Å². The fourth-order valence-electron chi connectivity index (χ4n) is 7.90. The van der Waals surface area contributed by atoms with Crippen molar-refractivity contribution in [2.24, 2.45) is 10.8 Å². The van der Waals surface area contributed by atoms with Gasteiger partial charge in [0, 0.05) is 53.4 Å². The smallest absolute Gasteiger partial charge is 0.165 e. The number of hydrogen-bond acceptors (Lipinski definition) is 5. The second-order valence-electron chi connectivity index (χ2n) is 15.3. The molecule has 5 nitrogen and oxygen atoms in total. The van der Waals surface area contributed by atoms with Crippen LogP contribution in [-0.4, -0.2) is 29.6 Å². The van der Waals surface area contributed by atoms with Crippen LogP contribution in [-0.2, 0) is 29.0 Å². The standard InChI is InChI=1S/C43H48FNO4/c1-7-13-30-21-31(22-37(48-8-2)41(30)49-27-29-16-12-17-32(44)20-29)38-39-33(23-42(3,4)25-35(39)46)45(19-18-28-14-10-9-11-15-28)34-24-43(5,6)26-36(47)40(34)38/h7,9-12,14-17,20-22,38H,1,8,13,18-19,23-27H2,2-6H3. The third-order valence-electron chi connectivity index (χ3n) is 9.91. The maximum absolute atomic E-state index is 14.4. The van der Waals surface area contributed by atoms with Crippen LogP contribution in [0.25, 0.3) is 0 Å². The molecule has 0 N–H and O–H groups in total. The monoisotopic (exact) mass is 661 g/mol. The highest BCUT2D eigenvalue weighted by Crippen LogP contribution is 2.55. The van der Waals surface area contributed by atoms with Gasteiger partial charge in [0.15, 0.2) is 23.1 Å². The van der Waals surface area contributed by atoms with Crippen molar-refractivity contribution in [1.82, 2.24) is 4.90 Å². The number of ketones is 2. The molecule has 0 unspecified atom stereocenters. The summed E-state index contributed by atoms with van der Waals surface area (Å²) in [7, 11) is 0. The summed E-state index contributed by atoms with van der Waals surface area (Å²) in [5, 5.41) is 0.